The molecule has 3 aromatic heterocycles. The van der Waals surface area contributed by atoms with Crippen molar-refractivity contribution < 1.29 is 13.9 Å². The highest BCUT2D eigenvalue weighted by Crippen LogP contribution is 2.46. The number of hydrogen-bond donors (Lipinski definition) is 1. The lowest BCUT2D eigenvalue weighted by molar-refractivity contribution is -0.0928. The van der Waals surface area contributed by atoms with Crippen LogP contribution in [0.15, 0.2) is 41.3 Å². The molecule has 2 aliphatic rings. The monoisotopic (exact) mass is 396 g/mol. The highest BCUT2D eigenvalue weighted by molar-refractivity contribution is 7.15. The van der Waals surface area contributed by atoms with Crippen LogP contribution in [0.3, 0.4) is 0 Å². The first-order chi connectivity index (χ1) is 13.6. The summed E-state index contributed by atoms with van der Waals surface area (Å²) in [4.78, 5) is 25.1. The van der Waals surface area contributed by atoms with E-state index < -0.39 is 0 Å². The maximum atomic E-state index is 12.5. The number of rotatable bonds is 2. The van der Waals surface area contributed by atoms with Crippen molar-refractivity contribution in [2.24, 2.45) is 0 Å². The molecule has 7 nitrogen and oxygen atoms in total. The topological polar surface area (TPSA) is 94.5 Å². The summed E-state index contributed by atoms with van der Waals surface area (Å²) in [5, 5.41) is 0. The molecule has 0 radical (unpaired) electrons. The molecule has 1 amide bonds. The third-order valence-corrected chi connectivity index (χ3v) is 6.75. The first kappa shape index (κ1) is 17.4. The number of carbonyl (C=O) groups is 1. The van der Waals surface area contributed by atoms with Gasteiger partial charge in [-0.2, -0.15) is 0 Å². The number of fused-ring (bicyclic) bond motifs is 2. The van der Waals surface area contributed by atoms with E-state index in [0.717, 1.165) is 29.8 Å². The van der Waals surface area contributed by atoms with Crippen LogP contribution >= 0.6 is 11.3 Å². The van der Waals surface area contributed by atoms with E-state index in [9.17, 15) is 4.79 Å². The van der Waals surface area contributed by atoms with Gasteiger partial charge in [-0.05, 0) is 36.6 Å². The normalized spacial score (nSPS) is 18.2. The van der Waals surface area contributed by atoms with Gasteiger partial charge in [0.2, 0.25) is 5.76 Å². The van der Waals surface area contributed by atoms with Crippen LogP contribution in [0.1, 0.15) is 33.8 Å². The molecule has 2 N–H and O–H groups in total. The molecule has 28 heavy (non-hydrogen) atoms. The number of pyridine rings is 1. The Morgan fingerprint density at radius 1 is 1.29 bits per heavy atom. The van der Waals surface area contributed by atoms with Crippen molar-refractivity contribution in [2.45, 2.75) is 24.9 Å². The third-order valence-electron chi connectivity index (χ3n) is 5.53. The minimum Gasteiger partial charge on any atom is -0.438 e. The number of ether oxygens (including phenoxy) is 1. The average Bonchev–Trinajstić information content (AvgIpc) is 3.39. The number of hydrogen-bond acceptors (Lipinski definition) is 7. The zero-order chi connectivity index (χ0) is 19.1. The summed E-state index contributed by atoms with van der Waals surface area (Å²) in [6.07, 6.45) is 5.18. The van der Waals surface area contributed by atoms with E-state index in [1.54, 1.807) is 17.4 Å². The van der Waals surface area contributed by atoms with Crippen molar-refractivity contribution in [3.63, 3.8) is 0 Å². The molecular formula is C20H20N4O3S. The molecule has 0 aliphatic carbocycles. The van der Waals surface area contributed by atoms with E-state index in [2.05, 4.69) is 16.0 Å². The van der Waals surface area contributed by atoms with E-state index >= 15 is 0 Å². The van der Waals surface area contributed by atoms with Crippen LogP contribution in [-0.2, 0) is 16.8 Å². The molecule has 0 aromatic carbocycles. The summed E-state index contributed by atoms with van der Waals surface area (Å²) < 4.78 is 11.5. The van der Waals surface area contributed by atoms with Crippen molar-refractivity contribution in [3.8, 4) is 10.6 Å². The lowest BCUT2D eigenvalue weighted by Gasteiger charge is -2.43. The van der Waals surface area contributed by atoms with Gasteiger partial charge in [0.05, 0.1) is 29.0 Å². The Labute approximate surface area is 166 Å². The van der Waals surface area contributed by atoms with Crippen molar-refractivity contribution in [2.75, 3.05) is 25.4 Å². The third kappa shape index (κ3) is 2.89. The maximum Gasteiger partial charge on any atom is 0.291 e. The summed E-state index contributed by atoms with van der Waals surface area (Å²) >= 11 is 1.77. The number of piperidine rings is 1. The molecule has 1 spiro atoms. The predicted octanol–water partition coefficient (Wildman–Crippen LogP) is 3.08. The van der Waals surface area contributed by atoms with Gasteiger partial charge < -0.3 is 19.8 Å². The van der Waals surface area contributed by atoms with Crippen LogP contribution in [0.25, 0.3) is 10.6 Å². The smallest absolute Gasteiger partial charge is 0.291 e. The second-order valence-electron chi connectivity index (χ2n) is 7.15. The number of aromatic nitrogens is 2. The molecular weight excluding hydrogens is 376 g/mol. The van der Waals surface area contributed by atoms with Gasteiger partial charge in [0.15, 0.2) is 6.39 Å². The number of carbonyl (C=O) groups excluding carboxylic acids is 1. The Morgan fingerprint density at radius 3 is 2.89 bits per heavy atom. The Balaban J connectivity index is 1.40. The Bertz CT molecular complexity index is 1010. The summed E-state index contributed by atoms with van der Waals surface area (Å²) in [5.74, 6) is 0.694. The molecule has 0 bridgehead atoms. The second-order valence-corrected chi connectivity index (χ2v) is 8.28. The lowest BCUT2D eigenvalue weighted by atomic mass is 9.82. The van der Waals surface area contributed by atoms with Crippen molar-refractivity contribution in [3.05, 3.63) is 53.1 Å². The van der Waals surface area contributed by atoms with Gasteiger partial charge in [-0.3, -0.25) is 4.79 Å². The molecule has 5 rings (SSSR count). The van der Waals surface area contributed by atoms with E-state index in [0.29, 0.717) is 25.5 Å². The predicted molar refractivity (Wildman–Crippen MR) is 105 cm³/mol. The van der Waals surface area contributed by atoms with Gasteiger partial charge in [0, 0.05) is 24.4 Å². The SMILES string of the molecule is Nc1cccc(-c2cc3c(s2)CCOC32CCN(C(=O)c3cnco3)CC2)n1. The number of nitrogen functional groups attached to an aromatic ring is 1. The van der Waals surface area contributed by atoms with E-state index in [-0.39, 0.29) is 17.3 Å². The summed E-state index contributed by atoms with van der Waals surface area (Å²) in [6, 6.07) is 7.91. The largest absolute Gasteiger partial charge is 0.438 e. The molecule has 8 heteroatoms. The highest BCUT2D eigenvalue weighted by Gasteiger charge is 2.43. The van der Waals surface area contributed by atoms with Crippen molar-refractivity contribution in [1.29, 1.82) is 0 Å². The van der Waals surface area contributed by atoms with Crippen LogP contribution < -0.4 is 5.73 Å². The van der Waals surface area contributed by atoms with Crippen molar-refractivity contribution >= 4 is 23.1 Å². The minimum atomic E-state index is -0.332. The fraction of sp³-hybridized carbons (Fsp3) is 0.350. The number of oxazole rings is 1. The standard InChI is InChI=1S/C20H20N4O3S/c21-18-3-1-2-14(23-18)17-10-13-16(28-17)4-9-27-20(13)5-7-24(8-6-20)19(25)15-11-22-12-26-15/h1-3,10-12H,4-9H2,(H2,21,23). The van der Waals surface area contributed by atoms with Gasteiger partial charge in [0.1, 0.15) is 5.82 Å². The van der Waals surface area contributed by atoms with Crippen LogP contribution in [0, 0.1) is 0 Å². The molecule has 5 heterocycles. The molecule has 144 valence electrons. The molecule has 0 unspecified atom stereocenters. The van der Waals surface area contributed by atoms with Gasteiger partial charge in [-0.25, -0.2) is 9.97 Å². The van der Waals surface area contributed by atoms with Crippen LogP contribution in [0.4, 0.5) is 5.82 Å². The van der Waals surface area contributed by atoms with Crippen molar-refractivity contribution in [1.82, 2.24) is 14.9 Å². The minimum absolute atomic E-state index is 0.113. The second kappa shape index (κ2) is 6.72. The average molecular weight is 396 g/mol. The van der Waals surface area contributed by atoms with Gasteiger partial charge in [-0.15, -0.1) is 11.3 Å². The number of likely N-dealkylation sites (tertiary alicyclic amines) is 1. The number of thiophene rings is 1. The van der Waals surface area contributed by atoms with Gasteiger partial charge >= 0.3 is 0 Å². The maximum absolute atomic E-state index is 12.5. The fourth-order valence-corrected chi connectivity index (χ4v) is 5.29. The quantitative estimate of drug-likeness (QED) is 0.715. The molecule has 0 atom stereocenters. The molecule has 0 saturated carbocycles. The lowest BCUT2D eigenvalue weighted by Crippen LogP contribution is -2.48. The molecule has 1 fully saturated rings. The number of nitrogens with two attached hydrogens (primary N) is 1. The summed E-state index contributed by atoms with van der Waals surface area (Å²) in [5.41, 5.74) is 7.67. The molecule has 1 saturated heterocycles. The van der Waals surface area contributed by atoms with Crippen LogP contribution in [0.5, 0.6) is 0 Å². The Kier molecular flexibility index (Phi) is 4.17. The fourth-order valence-electron chi connectivity index (χ4n) is 4.09. The van der Waals surface area contributed by atoms with Crippen LogP contribution in [0.2, 0.25) is 0 Å². The van der Waals surface area contributed by atoms with Crippen LogP contribution in [-0.4, -0.2) is 40.5 Å². The summed E-state index contributed by atoms with van der Waals surface area (Å²) in [6.45, 7) is 1.95. The molecule has 2 aliphatic heterocycles. The first-order valence-corrected chi connectivity index (χ1v) is 10.1. The summed E-state index contributed by atoms with van der Waals surface area (Å²) in [7, 11) is 0. The van der Waals surface area contributed by atoms with E-state index in [1.165, 1.54) is 23.0 Å². The number of amides is 1. The number of anilines is 1. The Morgan fingerprint density at radius 2 is 2.14 bits per heavy atom. The zero-order valence-corrected chi connectivity index (χ0v) is 16.1. The van der Waals surface area contributed by atoms with E-state index in [4.69, 9.17) is 14.9 Å². The van der Waals surface area contributed by atoms with Gasteiger partial charge in [0.25, 0.3) is 5.91 Å². The Hall–Kier alpha value is -2.71. The number of nitrogens with zero attached hydrogens (tertiary/aromatic N) is 3. The van der Waals surface area contributed by atoms with Gasteiger partial charge in [-0.1, -0.05) is 6.07 Å². The zero-order valence-electron chi connectivity index (χ0n) is 15.3. The first-order valence-electron chi connectivity index (χ1n) is 9.32. The van der Waals surface area contributed by atoms with E-state index in [1.807, 2.05) is 17.0 Å². The highest BCUT2D eigenvalue weighted by atomic mass is 32.1. The molecule has 3 aromatic rings.